The predicted octanol–water partition coefficient (Wildman–Crippen LogP) is 8.63. The van der Waals surface area contributed by atoms with Gasteiger partial charge < -0.3 is 19.7 Å². The van der Waals surface area contributed by atoms with Crippen molar-refractivity contribution in [3.63, 3.8) is 0 Å². The number of rotatable bonds is 7. The van der Waals surface area contributed by atoms with E-state index >= 15 is 0 Å². The molecular formula is C36H45Cl3N4O4. The smallest absolute Gasteiger partial charge is 0.326 e. The lowest BCUT2D eigenvalue weighted by Gasteiger charge is -2.34. The lowest BCUT2D eigenvalue weighted by molar-refractivity contribution is -0.120. The van der Waals surface area contributed by atoms with E-state index < -0.39 is 12.1 Å². The van der Waals surface area contributed by atoms with E-state index in [4.69, 9.17) is 37.7 Å². The molecule has 8 nitrogen and oxygen atoms in total. The predicted molar refractivity (Wildman–Crippen MR) is 193 cm³/mol. The highest BCUT2D eigenvalue weighted by Gasteiger charge is 2.45. The van der Waals surface area contributed by atoms with E-state index in [0.29, 0.717) is 65.8 Å². The maximum atomic E-state index is 14.7. The minimum absolute atomic E-state index is 0. The van der Waals surface area contributed by atoms with Crippen molar-refractivity contribution in [1.82, 2.24) is 15.1 Å². The Labute approximate surface area is 294 Å². The highest BCUT2D eigenvalue weighted by molar-refractivity contribution is 6.30. The van der Waals surface area contributed by atoms with E-state index in [-0.39, 0.29) is 43.6 Å². The van der Waals surface area contributed by atoms with Gasteiger partial charge in [-0.1, -0.05) is 75.7 Å². The van der Waals surface area contributed by atoms with Crippen LogP contribution in [0.3, 0.4) is 0 Å². The lowest BCUT2D eigenvalue weighted by Crippen LogP contribution is -2.47. The number of aliphatic imine (C=N–C) groups is 1. The van der Waals surface area contributed by atoms with Crippen LogP contribution in [0, 0.1) is 0 Å². The number of hydrogen-bond acceptors (Lipinski definition) is 5. The van der Waals surface area contributed by atoms with Crippen LogP contribution in [0.1, 0.15) is 82.8 Å². The molecule has 3 amide bonds. The second-order valence-corrected chi connectivity index (χ2v) is 13.0. The van der Waals surface area contributed by atoms with Crippen LogP contribution in [-0.4, -0.2) is 60.4 Å². The zero-order chi connectivity index (χ0) is 32.3. The van der Waals surface area contributed by atoms with Gasteiger partial charge >= 0.3 is 6.03 Å². The van der Waals surface area contributed by atoms with Crippen molar-refractivity contribution in [1.29, 1.82) is 0 Å². The normalized spacial score (nSPS) is 17.9. The molecule has 254 valence electrons. The molecule has 0 saturated carbocycles. The Morgan fingerprint density at radius 1 is 0.915 bits per heavy atom. The van der Waals surface area contributed by atoms with Crippen LogP contribution in [0.25, 0.3) is 0 Å². The first-order valence-electron chi connectivity index (χ1n) is 15.4. The summed E-state index contributed by atoms with van der Waals surface area (Å²) >= 11 is 12.6. The third-order valence-electron chi connectivity index (χ3n) is 8.01. The van der Waals surface area contributed by atoms with Gasteiger partial charge in [-0.05, 0) is 66.8 Å². The molecule has 1 N–H and O–H groups in total. The summed E-state index contributed by atoms with van der Waals surface area (Å²) in [5, 5.41) is 4.07. The van der Waals surface area contributed by atoms with Gasteiger partial charge in [0.25, 0.3) is 0 Å². The summed E-state index contributed by atoms with van der Waals surface area (Å²) in [6.45, 7) is 12.2. The molecule has 0 aliphatic carbocycles. The summed E-state index contributed by atoms with van der Waals surface area (Å²) in [4.78, 5) is 35.8. The maximum Gasteiger partial charge on any atom is 0.326 e. The number of benzene rings is 3. The number of urea groups is 1. The van der Waals surface area contributed by atoms with E-state index in [2.05, 4.69) is 26.1 Å². The summed E-state index contributed by atoms with van der Waals surface area (Å²) in [7, 11) is 0. The number of hydrogen-bond donors (Lipinski definition) is 1. The highest BCUT2D eigenvalue weighted by atomic mass is 35.5. The van der Waals surface area contributed by atoms with Gasteiger partial charge in [0.15, 0.2) is 0 Å². The molecule has 1 fully saturated rings. The monoisotopic (exact) mass is 702 g/mol. The summed E-state index contributed by atoms with van der Waals surface area (Å²) in [6.07, 6.45) is 0.219. The number of nitrogens with one attached hydrogen (secondary N) is 1. The molecule has 11 heteroatoms. The third kappa shape index (κ3) is 8.34. The number of carbonyl (C=O) groups excluding carboxylic acids is 2. The number of amides is 3. The molecule has 2 heterocycles. The van der Waals surface area contributed by atoms with Crippen LogP contribution in [0.2, 0.25) is 10.0 Å². The fraction of sp³-hybridized carbons (Fsp3) is 0.417. The SMILES string of the molecule is C.CCOc1cc(C(C)(C)C)c(OCC)cc1C1=N[C@@H](c2ccc(Cl)cc2)[C@@H](c2ccc(Cl)cc2)N1C(=O)N1CCNC(=O)CC1.Cl. The van der Waals surface area contributed by atoms with Crippen LogP contribution in [0.4, 0.5) is 4.79 Å². The summed E-state index contributed by atoms with van der Waals surface area (Å²) in [5.74, 6) is 1.71. The van der Waals surface area contributed by atoms with Gasteiger partial charge in [-0.3, -0.25) is 14.7 Å². The van der Waals surface area contributed by atoms with Gasteiger partial charge in [-0.15, -0.1) is 12.4 Å². The van der Waals surface area contributed by atoms with Crippen molar-refractivity contribution in [2.24, 2.45) is 4.99 Å². The zero-order valence-corrected chi connectivity index (χ0v) is 29.1. The number of carbonyl (C=O) groups is 2. The fourth-order valence-corrected chi connectivity index (χ4v) is 6.09. The maximum absolute atomic E-state index is 14.7. The second kappa shape index (κ2) is 16.1. The van der Waals surface area contributed by atoms with Gasteiger partial charge in [0, 0.05) is 41.7 Å². The Kier molecular flexibility index (Phi) is 13.0. The van der Waals surface area contributed by atoms with Crippen LogP contribution in [0.5, 0.6) is 11.5 Å². The van der Waals surface area contributed by atoms with Crippen molar-refractivity contribution in [3.05, 3.63) is 93.0 Å². The molecule has 2 atom stereocenters. The Bertz CT molecular complexity index is 1570. The Balaban J connectivity index is 0.00000300. The molecule has 0 bridgehead atoms. The van der Waals surface area contributed by atoms with Gasteiger partial charge in [0.05, 0.1) is 24.8 Å². The lowest BCUT2D eigenvalue weighted by atomic mass is 9.85. The fourth-order valence-electron chi connectivity index (χ4n) is 5.84. The first-order chi connectivity index (χ1) is 21.5. The molecule has 0 radical (unpaired) electrons. The van der Waals surface area contributed by atoms with Crippen LogP contribution in [-0.2, 0) is 10.2 Å². The van der Waals surface area contributed by atoms with Crippen molar-refractivity contribution >= 4 is 53.4 Å². The minimum Gasteiger partial charge on any atom is -0.494 e. The molecule has 2 aliphatic heterocycles. The average Bonchev–Trinajstić information content (AvgIpc) is 3.26. The summed E-state index contributed by atoms with van der Waals surface area (Å²) in [5.41, 5.74) is 3.18. The Morgan fingerprint density at radius 2 is 1.49 bits per heavy atom. The van der Waals surface area contributed by atoms with Crippen molar-refractivity contribution in [2.75, 3.05) is 32.8 Å². The molecule has 3 aromatic rings. The largest absolute Gasteiger partial charge is 0.494 e. The van der Waals surface area contributed by atoms with E-state index in [0.717, 1.165) is 16.7 Å². The molecule has 2 aliphatic rings. The van der Waals surface area contributed by atoms with Crippen LogP contribution < -0.4 is 14.8 Å². The van der Waals surface area contributed by atoms with Gasteiger partial charge in [0.1, 0.15) is 23.4 Å². The van der Waals surface area contributed by atoms with Gasteiger partial charge in [-0.25, -0.2) is 4.79 Å². The van der Waals surface area contributed by atoms with Crippen LogP contribution >= 0.6 is 35.6 Å². The standard InChI is InChI=1S/C35H40Cl2N4O4.CH4.ClH/c1-6-44-28-21-27(35(3,4)5)29(45-7-2)20-26(28)33-39-31(22-8-12-24(36)13-9-22)32(23-10-14-25(37)15-11-23)41(33)34(43)40-18-16-30(42)38-17-19-40;;/h8-15,20-21,31-32H,6-7,16-19H2,1-5H3,(H,38,42);1H4;1H/t31-,32+;;/m0../s1. The van der Waals surface area contributed by atoms with Crippen molar-refractivity contribution in [2.45, 2.75) is 66.0 Å². The van der Waals surface area contributed by atoms with Gasteiger partial charge in [-0.2, -0.15) is 0 Å². The molecule has 0 aromatic heterocycles. The molecular weight excluding hydrogens is 659 g/mol. The zero-order valence-electron chi connectivity index (χ0n) is 26.8. The first-order valence-corrected chi connectivity index (χ1v) is 16.2. The molecule has 0 unspecified atom stereocenters. The molecule has 0 spiro atoms. The Morgan fingerprint density at radius 3 is 2.06 bits per heavy atom. The van der Waals surface area contributed by atoms with E-state index in [1.165, 1.54) is 0 Å². The molecule has 3 aromatic carbocycles. The van der Waals surface area contributed by atoms with E-state index in [9.17, 15) is 9.59 Å². The molecule has 5 rings (SSSR count). The summed E-state index contributed by atoms with van der Waals surface area (Å²) in [6, 6.07) is 17.8. The second-order valence-electron chi connectivity index (χ2n) is 12.1. The van der Waals surface area contributed by atoms with Gasteiger partial charge in [0.2, 0.25) is 5.91 Å². The number of ether oxygens (including phenoxy) is 2. The number of nitrogens with zero attached hydrogens (tertiary/aromatic N) is 3. The third-order valence-corrected chi connectivity index (χ3v) is 8.51. The number of halogens is 3. The van der Waals surface area contributed by atoms with E-state index in [1.54, 1.807) is 9.80 Å². The van der Waals surface area contributed by atoms with E-state index in [1.807, 2.05) is 74.5 Å². The Hall–Kier alpha value is -3.46. The quantitative estimate of drug-likeness (QED) is 0.267. The molecule has 47 heavy (non-hydrogen) atoms. The first kappa shape index (κ1) is 38.0. The summed E-state index contributed by atoms with van der Waals surface area (Å²) < 4.78 is 12.4. The highest BCUT2D eigenvalue weighted by Crippen LogP contribution is 2.47. The topological polar surface area (TPSA) is 83.5 Å². The van der Waals surface area contributed by atoms with Crippen molar-refractivity contribution in [3.8, 4) is 11.5 Å². The number of amidine groups is 1. The van der Waals surface area contributed by atoms with Crippen LogP contribution in [0.15, 0.2) is 65.7 Å². The minimum atomic E-state index is -0.523. The molecule has 1 saturated heterocycles. The average molecular weight is 704 g/mol. The van der Waals surface area contributed by atoms with Crippen molar-refractivity contribution < 1.29 is 19.1 Å².